The Labute approximate surface area is 137 Å². The van der Waals surface area contributed by atoms with Gasteiger partial charge in [-0.2, -0.15) is 0 Å². The van der Waals surface area contributed by atoms with E-state index < -0.39 is 0 Å². The number of amides is 1. The molecule has 1 unspecified atom stereocenters. The predicted molar refractivity (Wildman–Crippen MR) is 92.6 cm³/mol. The standard InChI is InChI=1S/C19H26N2O2/c1-13-10-14(2)21-17(13)18(23)20-11-16(19(3,4)12-22)15-8-6-5-7-9-15/h5-10,16,21-22H,11-12H2,1-4H3,(H,20,23). The molecule has 1 heterocycles. The number of aromatic amines is 1. The molecule has 0 radical (unpaired) electrons. The normalized spacial score (nSPS) is 12.9. The molecular weight excluding hydrogens is 288 g/mol. The highest BCUT2D eigenvalue weighted by Gasteiger charge is 2.30. The fraction of sp³-hybridized carbons (Fsp3) is 0.421. The summed E-state index contributed by atoms with van der Waals surface area (Å²) >= 11 is 0. The van der Waals surface area contributed by atoms with E-state index in [1.54, 1.807) is 0 Å². The van der Waals surface area contributed by atoms with Crippen molar-refractivity contribution in [1.82, 2.24) is 10.3 Å². The third-order valence-electron chi connectivity index (χ3n) is 4.40. The van der Waals surface area contributed by atoms with Gasteiger partial charge >= 0.3 is 0 Å². The van der Waals surface area contributed by atoms with E-state index in [-0.39, 0.29) is 23.8 Å². The molecule has 1 amide bonds. The molecule has 0 aliphatic heterocycles. The van der Waals surface area contributed by atoms with Gasteiger partial charge in [-0.25, -0.2) is 0 Å². The van der Waals surface area contributed by atoms with Crippen LogP contribution in [-0.4, -0.2) is 29.1 Å². The van der Waals surface area contributed by atoms with E-state index in [0.29, 0.717) is 12.2 Å². The van der Waals surface area contributed by atoms with Crippen LogP contribution in [0.3, 0.4) is 0 Å². The molecule has 1 atom stereocenters. The van der Waals surface area contributed by atoms with E-state index in [0.717, 1.165) is 16.8 Å². The first-order valence-electron chi connectivity index (χ1n) is 7.95. The third-order valence-corrected chi connectivity index (χ3v) is 4.40. The van der Waals surface area contributed by atoms with Crippen LogP contribution in [0.4, 0.5) is 0 Å². The molecule has 0 fully saturated rings. The molecule has 2 rings (SSSR count). The fourth-order valence-electron chi connectivity index (χ4n) is 2.89. The number of aromatic nitrogens is 1. The predicted octanol–water partition coefficient (Wildman–Crippen LogP) is 3.16. The van der Waals surface area contributed by atoms with Gasteiger partial charge in [0.1, 0.15) is 5.69 Å². The third kappa shape index (κ3) is 4.02. The second-order valence-corrected chi connectivity index (χ2v) is 6.83. The summed E-state index contributed by atoms with van der Waals surface area (Å²) in [6.07, 6.45) is 0. The van der Waals surface area contributed by atoms with E-state index in [4.69, 9.17) is 0 Å². The highest BCUT2D eigenvalue weighted by molar-refractivity contribution is 5.94. The summed E-state index contributed by atoms with van der Waals surface area (Å²) in [5.74, 6) is -0.0701. The minimum atomic E-state index is -0.324. The second kappa shape index (κ2) is 7.01. The number of benzene rings is 1. The number of aliphatic hydroxyl groups excluding tert-OH is 1. The highest BCUT2D eigenvalue weighted by atomic mass is 16.3. The molecule has 2 aromatic rings. The van der Waals surface area contributed by atoms with Gasteiger partial charge in [0.05, 0.1) is 0 Å². The van der Waals surface area contributed by atoms with Crippen LogP contribution in [0.1, 0.15) is 47.1 Å². The van der Waals surface area contributed by atoms with Crippen LogP contribution in [0.25, 0.3) is 0 Å². The number of H-pyrrole nitrogens is 1. The minimum absolute atomic E-state index is 0.0361. The van der Waals surface area contributed by atoms with Crippen molar-refractivity contribution >= 4 is 5.91 Å². The molecule has 0 bridgehead atoms. The summed E-state index contributed by atoms with van der Waals surface area (Å²) in [7, 11) is 0. The first-order valence-corrected chi connectivity index (χ1v) is 7.95. The summed E-state index contributed by atoms with van der Waals surface area (Å²) in [4.78, 5) is 15.5. The topological polar surface area (TPSA) is 65.1 Å². The van der Waals surface area contributed by atoms with Crippen LogP contribution >= 0.6 is 0 Å². The average Bonchev–Trinajstić information content (AvgIpc) is 2.87. The molecule has 4 heteroatoms. The summed E-state index contributed by atoms with van der Waals surface area (Å²) in [5.41, 5.74) is 3.32. The first kappa shape index (κ1) is 17.3. The van der Waals surface area contributed by atoms with E-state index in [1.165, 1.54) is 0 Å². The first-order chi connectivity index (χ1) is 10.8. The maximum atomic E-state index is 12.4. The lowest BCUT2D eigenvalue weighted by Crippen LogP contribution is -2.37. The van der Waals surface area contributed by atoms with Gasteiger partial charge < -0.3 is 15.4 Å². The quantitative estimate of drug-likeness (QED) is 0.767. The Morgan fingerprint density at radius 1 is 1.26 bits per heavy atom. The van der Waals surface area contributed by atoms with Crippen molar-refractivity contribution in [3.8, 4) is 0 Å². The lowest BCUT2D eigenvalue weighted by atomic mass is 9.75. The molecule has 0 aliphatic carbocycles. The van der Waals surface area contributed by atoms with Crippen LogP contribution in [-0.2, 0) is 0 Å². The average molecular weight is 314 g/mol. The van der Waals surface area contributed by atoms with Crippen LogP contribution in [0.5, 0.6) is 0 Å². The Morgan fingerprint density at radius 3 is 2.43 bits per heavy atom. The number of aryl methyl sites for hydroxylation is 2. The molecular formula is C19H26N2O2. The Kier molecular flexibility index (Phi) is 5.26. The molecule has 1 aromatic carbocycles. The van der Waals surface area contributed by atoms with Gasteiger partial charge in [0, 0.05) is 24.8 Å². The van der Waals surface area contributed by atoms with E-state index in [9.17, 15) is 9.90 Å². The molecule has 1 aromatic heterocycles. The van der Waals surface area contributed by atoms with Gasteiger partial charge in [0.2, 0.25) is 0 Å². The molecule has 0 saturated carbocycles. The van der Waals surface area contributed by atoms with Crippen molar-refractivity contribution in [2.75, 3.05) is 13.2 Å². The van der Waals surface area contributed by atoms with E-state index >= 15 is 0 Å². The number of nitrogens with one attached hydrogen (secondary N) is 2. The molecule has 0 aliphatic rings. The zero-order valence-electron chi connectivity index (χ0n) is 14.3. The molecule has 0 spiro atoms. The lowest BCUT2D eigenvalue weighted by Gasteiger charge is -2.33. The Morgan fingerprint density at radius 2 is 1.91 bits per heavy atom. The largest absolute Gasteiger partial charge is 0.396 e. The number of rotatable bonds is 6. The van der Waals surface area contributed by atoms with Crippen molar-refractivity contribution in [3.05, 3.63) is 58.9 Å². The number of carbonyl (C=O) groups is 1. The number of carbonyl (C=O) groups excluding carboxylic acids is 1. The number of hydrogen-bond acceptors (Lipinski definition) is 2. The van der Waals surface area contributed by atoms with Gasteiger partial charge in [0.25, 0.3) is 5.91 Å². The van der Waals surface area contributed by atoms with Gasteiger partial charge in [-0.15, -0.1) is 0 Å². The van der Waals surface area contributed by atoms with Crippen LogP contribution in [0.15, 0.2) is 36.4 Å². The zero-order valence-corrected chi connectivity index (χ0v) is 14.3. The Bertz CT molecular complexity index is 659. The minimum Gasteiger partial charge on any atom is -0.396 e. The maximum absolute atomic E-state index is 12.4. The molecule has 4 nitrogen and oxygen atoms in total. The van der Waals surface area contributed by atoms with Crippen LogP contribution < -0.4 is 5.32 Å². The summed E-state index contributed by atoms with van der Waals surface area (Å²) in [6.45, 7) is 8.43. The molecule has 0 saturated heterocycles. The van der Waals surface area contributed by atoms with Crippen molar-refractivity contribution in [2.24, 2.45) is 5.41 Å². The second-order valence-electron chi connectivity index (χ2n) is 6.83. The monoisotopic (exact) mass is 314 g/mol. The number of aliphatic hydroxyl groups is 1. The van der Waals surface area contributed by atoms with Crippen LogP contribution in [0, 0.1) is 19.3 Å². The van der Waals surface area contributed by atoms with E-state index in [2.05, 4.69) is 10.3 Å². The van der Waals surface area contributed by atoms with Gasteiger partial charge in [-0.3, -0.25) is 4.79 Å². The van der Waals surface area contributed by atoms with Crippen molar-refractivity contribution in [2.45, 2.75) is 33.6 Å². The highest BCUT2D eigenvalue weighted by Crippen LogP contribution is 2.34. The zero-order chi connectivity index (χ0) is 17.0. The molecule has 124 valence electrons. The lowest BCUT2D eigenvalue weighted by molar-refractivity contribution is 0.0915. The van der Waals surface area contributed by atoms with Crippen molar-refractivity contribution in [3.63, 3.8) is 0 Å². The Hall–Kier alpha value is -2.07. The van der Waals surface area contributed by atoms with Crippen molar-refractivity contribution in [1.29, 1.82) is 0 Å². The molecule has 3 N–H and O–H groups in total. The number of hydrogen-bond donors (Lipinski definition) is 3. The maximum Gasteiger partial charge on any atom is 0.267 e. The Balaban J connectivity index is 2.16. The van der Waals surface area contributed by atoms with Crippen molar-refractivity contribution < 1.29 is 9.90 Å². The summed E-state index contributed by atoms with van der Waals surface area (Å²) < 4.78 is 0. The van der Waals surface area contributed by atoms with E-state index in [1.807, 2.05) is 64.1 Å². The van der Waals surface area contributed by atoms with Gasteiger partial charge in [-0.05, 0) is 36.5 Å². The summed E-state index contributed by atoms with van der Waals surface area (Å²) in [6, 6.07) is 12.0. The van der Waals surface area contributed by atoms with Crippen LogP contribution in [0.2, 0.25) is 0 Å². The van der Waals surface area contributed by atoms with Gasteiger partial charge in [-0.1, -0.05) is 44.2 Å². The fourth-order valence-corrected chi connectivity index (χ4v) is 2.89. The van der Waals surface area contributed by atoms with Gasteiger partial charge in [0.15, 0.2) is 0 Å². The molecule has 23 heavy (non-hydrogen) atoms. The SMILES string of the molecule is Cc1cc(C)c(C(=O)NCC(c2ccccc2)C(C)(C)CO)[nH]1. The summed E-state index contributed by atoms with van der Waals surface area (Å²) in [5, 5.41) is 12.7. The smallest absolute Gasteiger partial charge is 0.267 e.